The van der Waals surface area contributed by atoms with Gasteiger partial charge in [-0.3, -0.25) is 0 Å². The van der Waals surface area contributed by atoms with Gasteiger partial charge in [-0.05, 0) is 37.8 Å². The molecule has 0 bridgehead atoms. The van der Waals surface area contributed by atoms with E-state index in [0.29, 0.717) is 17.5 Å². The lowest BCUT2D eigenvalue weighted by Crippen LogP contribution is -1.97. The minimum Gasteiger partial charge on any atom is -0.494 e. The van der Waals surface area contributed by atoms with E-state index in [0.717, 1.165) is 11.8 Å². The van der Waals surface area contributed by atoms with Gasteiger partial charge >= 0.3 is 0 Å². The van der Waals surface area contributed by atoms with Crippen LogP contribution >= 0.6 is 24.0 Å². The molecule has 0 heterocycles. The van der Waals surface area contributed by atoms with Crippen LogP contribution in [-0.4, -0.2) is 23.2 Å². The number of aliphatic hydroxyl groups excluding tert-OH is 1. The highest BCUT2D eigenvalue weighted by atomic mass is 32.2. The number of methoxy groups -OCH3 is 1. The van der Waals surface area contributed by atoms with Crippen molar-refractivity contribution >= 4 is 28.4 Å². The molecule has 0 radical (unpaired) electrons. The number of ether oxygens (including phenoxy) is 2. The standard InChI is InChI=1S/C7H12O3S2/c1-4-10-6(9-3)5(2)12-7(8)11/h4H2,1-3H3,(H,8,11). The van der Waals surface area contributed by atoms with E-state index in [-0.39, 0.29) is 4.38 Å². The lowest BCUT2D eigenvalue weighted by Gasteiger charge is -2.08. The molecule has 0 fully saturated rings. The molecule has 0 aliphatic rings. The van der Waals surface area contributed by atoms with Crippen molar-refractivity contribution < 1.29 is 14.6 Å². The summed E-state index contributed by atoms with van der Waals surface area (Å²) in [5, 5.41) is 8.78. The molecule has 0 aromatic heterocycles. The molecule has 0 rings (SSSR count). The number of aliphatic hydroxyl groups is 1. The molecule has 0 amide bonds. The largest absolute Gasteiger partial charge is 0.494 e. The van der Waals surface area contributed by atoms with E-state index in [1.165, 1.54) is 7.11 Å². The third-order valence-corrected chi connectivity index (χ3v) is 1.89. The summed E-state index contributed by atoms with van der Waals surface area (Å²) in [5.74, 6) is 0.402. The summed E-state index contributed by atoms with van der Waals surface area (Å²) in [5.41, 5.74) is 0. The number of hydrogen-bond acceptors (Lipinski definition) is 4. The summed E-state index contributed by atoms with van der Waals surface area (Å²) in [7, 11) is 1.51. The van der Waals surface area contributed by atoms with Gasteiger partial charge in [0.1, 0.15) is 0 Å². The van der Waals surface area contributed by atoms with Crippen molar-refractivity contribution in [2.45, 2.75) is 13.8 Å². The van der Waals surface area contributed by atoms with Crippen LogP contribution in [-0.2, 0) is 9.47 Å². The first kappa shape index (κ1) is 11.6. The lowest BCUT2D eigenvalue weighted by molar-refractivity contribution is 0.0673. The molecule has 0 unspecified atom stereocenters. The van der Waals surface area contributed by atoms with Gasteiger partial charge in [-0.2, -0.15) is 0 Å². The number of hydrogen-bond donors (Lipinski definition) is 1. The zero-order chi connectivity index (χ0) is 9.56. The molecule has 0 aliphatic heterocycles. The van der Waals surface area contributed by atoms with Crippen molar-refractivity contribution in [3.05, 3.63) is 10.9 Å². The van der Waals surface area contributed by atoms with Crippen LogP contribution in [0.3, 0.4) is 0 Å². The maximum absolute atomic E-state index is 8.78. The third-order valence-electron chi connectivity index (χ3n) is 0.989. The first-order valence-corrected chi connectivity index (χ1v) is 4.62. The first-order chi connectivity index (χ1) is 5.61. The second-order valence-electron chi connectivity index (χ2n) is 1.85. The smallest absolute Gasteiger partial charge is 0.289 e. The topological polar surface area (TPSA) is 38.7 Å². The maximum Gasteiger partial charge on any atom is 0.289 e. The predicted octanol–water partition coefficient (Wildman–Crippen LogP) is 2.43. The van der Waals surface area contributed by atoms with Crippen LogP contribution in [0.25, 0.3) is 0 Å². The van der Waals surface area contributed by atoms with Crippen molar-refractivity contribution in [1.82, 2.24) is 0 Å². The summed E-state index contributed by atoms with van der Waals surface area (Å²) in [6.45, 7) is 4.15. The summed E-state index contributed by atoms with van der Waals surface area (Å²) in [6.07, 6.45) is 0. The zero-order valence-corrected chi connectivity index (χ0v) is 8.92. The van der Waals surface area contributed by atoms with Crippen LogP contribution in [0.5, 0.6) is 0 Å². The van der Waals surface area contributed by atoms with Crippen LogP contribution in [0.4, 0.5) is 0 Å². The highest BCUT2D eigenvalue weighted by molar-refractivity contribution is 8.25. The van der Waals surface area contributed by atoms with Crippen LogP contribution < -0.4 is 0 Å². The van der Waals surface area contributed by atoms with Gasteiger partial charge in [0.15, 0.2) is 0 Å². The fraction of sp³-hybridized carbons (Fsp3) is 0.571. The highest BCUT2D eigenvalue weighted by Gasteiger charge is 2.06. The van der Waals surface area contributed by atoms with E-state index < -0.39 is 0 Å². The summed E-state index contributed by atoms with van der Waals surface area (Å²) >= 11 is 5.54. The minimum absolute atomic E-state index is 0.137. The van der Waals surface area contributed by atoms with Gasteiger partial charge in [-0.1, -0.05) is 0 Å². The van der Waals surface area contributed by atoms with Gasteiger partial charge in [0.25, 0.3) is 5.95 Å². The Kier molecular flexibility index (Phi) is 5.92. The Morgan fingerprint density at radius 2 is 2.17 bits per heavy atom. The van der Waals surface area contributed by atoms with E-state index in [1.54, 1.807) is 6.92 Å². The van der Waals surface area contributed by atoms with Gasteiger partial charge in [0, 0.05) is 0 Å². The molecule has 1 N–H and O–H groups in total. The van der Waals surface area contributed by atoms with E-state index in [1.807, 2.05) is 6.92 Å². The molecule has 12 heavy (non-hydrogen) atoms. The molecule has 0 aromatic rings. The Morgan fingerprint density at radius 3 is 2.50 bits per heavy atom. The molecular formula is C7H12O3S2. The average molecular weight is 208 g/mol. The number of thiocarbonyl (C=S) groups is 1. The molecule has 0 saturated heterocycles. The van der Waals surface area contributed by atoms with Gasteiger partial charge in [-0.15, -0.1) is 0 Å². The number of allylic oxidation sites excluding steroid dienone is 1. The van der Waals surface area contributed by atoms with E-state index >= 15 is 0 Å². The van der Waals surface area contributed by atoms with Crippen molar-refractivity contribution in [3.63, 3.8) is 0 Å². The van der Waals surface area contributed by atoms with Crippen molar-refractivity contribution in [2.75, 3.05) is 13.7 Å². The zero-order valence-electron chi connectivity index (χ0n) is 7.29. The van der Waals surface area contributed by atoms with E-state index in [2.05, 4.69) is 12.2 Å². The molecule has 5 heteroatoms. The Bertz CT molecular complexity index is 189. The normalized spacial score (nSPS) is 11.9. The van der Waals surface area contributed by atoms with Crippen LogP contribution in [0.15, 0.2) is 10.9 Å². The minimum atomic E-state index is -0.137. The number of thioether (sulfide) groups is 1. The molecule has 70 valence electrons. The SMILES string of the molecule is CCOC(OC)=C(C)SC(O)=S. The summed E-state index contributed by atoms with van der Waals surface area (Å²) in [6, 6.07) is 0. The van der Waals surface area contributed by atoms with Gasteiger partial charge in [0.2, 0.25) is 4.38 Å². The van der Waals surface area contributed by atoms with Gasteiger partial charge in [-0.25, -0.2) is 0 Å². The Morgan fingerprint density at radius 1 is 1.58 bits per heavy atom. The second-order valence-corrected chi connectivity index (χ2v) is 3.70. The summed E-state index contributed by atoms with van der Waals surface area (Å²) < 4.78 is 9.90. The maximum atomic E-state index is 8.78. The fourth-order valence-corrected chi connectivity index (χ4v) is 1.47. The Hall–Kier alpha value is -0.420. The van der Waals surface area contributed by atoms with Gasteiger partial charge in [0.05, 0.1) is 18.6 Å². The quantitative estimate of drug-likeness (QED) is 0.567. The van der Waals surface area contributed by atoms with Crippen molar-refractivity contribution in [2.24, 2.45) is 0 Å². The Labute approximate surface area is 81.7 Å². The Balaban J connectivity index is 4.26. The molecule has 0 saturated carbocycles. The van der Waals surface area contributed by atoms with Crippen molar-refractivity contribution in [1.29, 1.82) is 0 Å². The fourth-order valence-electron chi connectivity index (χ4n) is 0.608. The number of rotatable bonds is 4. The van der Waals surface area contributed by atoms with Gasteiger partial charge < -0.3 is 14.6 Å². The van der Waals surface area contributed by atoms with Crippen LogP contribution in [0.1, 0.15) is 13.8 Å². The van der Waals surface area contributed by atoms with Crippen molar-refractivity contribution in [3.8, 4) is 0 Å². The summed E-state index contributed by atoms with van der Waals surface area (Å²) in [4.78, 5) is 0.715. The second kappa shape index (κ2) is 6.14. The lowest BCUT2D eigenvalue weighted by atomic mass is 10.7. The van der Waals surface area contributed by atoms with Crippen LogP contribution in [0, 0.1) is 0 Å². The average Bonchev–Trinajstić information content (AvgIpc) is 1.98. The predicted molar refractivity (Wildman–Crippen MR) is 54.2 cm³/mol. The highest BCUT2D eigenvalue weighted by Crippen LogP contribution is 2.20. The molecule has 0 atom stereocenters. The molecule has 0 spiro atoms. The van der Waals surface area contributed by atoms with Crippen LogP contribution in [0.2, 0.25) is 0 Å². The third kappa shape index (κ3) is 4.46. The molecule has 3 nitrogen and oxygen atoms in total. The van der Waals surface area contributed by atoms with E-state index in [9.17, 15) is 0 Å². The molecule has 0 aliphatic carbocycles. The molecule has 0 aromatic carbocycles. The first-order valence-electron chi connectivity index (χ1n) is 3.40. The molecular weight excluding hydrogens is 196 g/mol. The van der Waals surface area contributed by atoms with E-state index in [4.69, 9.17) is 14.6 Å². The monoisotopic (exact) mass is 208 g/mol.